The third kappa shape index (κ3) is 3.00. The standard InChI is InChI=1S/C17H28N4O3/c1-19-6-8-21(9-7-19)15-16(22)14(13-11-23-17(15)24-13)18-10-12-4-3-5-20(12)2/h3-5,13-18,22H,6-11H2,1-2H3/t13-,14-,15-,16+,17-/m1/s1. The highest BCUT2D eigenvalue weighted by Gasteiger charge is 2.52. The number of nitrogens with zero attached hydrogens (tertiary/aromatic N) is 3. The van der Waals surface area contributed by atoms with Gasteiger partial charge in [0.2, 0.25) is 0 Å². The first-order valence-electron chi connectivity index (χ1n) is 8.85. The highest BCUT2D eigenvalue weighted by molar-refractivity contribution is 5.08. The van der Waals surface area contributed by atoms with Crippen molar-refractivity contribution in [3.8, 4) is 0 Å². The van der Waals surface area contributed by atoms with E-state index >= 15 is 0 Å². The SMILES string of the molecule is CN1CCN([C@H]2[C@@H]3OC[C@@H](O3)[C@@H](NCc3cccn3C)[C@@H]2O)CC1. The highest BCUT2D eigenvalue weighted by Crippen LogP contribution is 2.32. The summed E-state index contributed by atoms with van der Waals surface area (Å²) in [5.74, 6) is 0. The predicted octanol–water partition coefficient (Wildman–Crippen LogP) is -0.785. The van der Waals surface area contributed by atoms with Crippen molar-refractivity contribution in [2.75, 3.05) is 39.8 Å². The fraction of sp³-hybridized carbons (Fsp3) is 0.765. The molecule has 24 heavy (non-hydrogen) atoms. The number of aliphatic hydroxyl groups excluding tert-OH is 1. The minimum absolute atomic E-state index is 0.0750. The second-order valence-electron chi connectivity index (χ2n) is 7.21. The number of likely N-dealkylation sites (N-methyl/N-ethyl adjacent to an activating group) is 1. The molecule has 0 aromatic carbocycles. The van der Waals surface area contributed by atoms with Crippen LogP contribution in [0, 0.1) is 0 Å². The van der Waals surface area contributed by atoms with Crippen LogP contribution in [-0.2, 0) is 23.1 Å². The summed E-state index contributed by atoms with van der Waals surface area (Å²) in [5.41, 5.74) is 1.19. The molecule has 0 radical (unpaired) electrons. The third-order valence-electron chi connectivity index (χ3n) is 5.66. The molecule has 0 aliphatic carbocycles. The minimum Gasteiger partial charge on any atom is -0.390 e. The predicted molar refractivity (Wildman–Crippen MR) is 89.5 cm³/mol. The van der Waals surface area contributed by atoms with Gasteiger partial charge in [0.05, 0.1) is 24.8 Å². The zero-order valence-electron chi connectivity index (χ0n) is 14.5. The largest absolute Gasteiger partial charge is 0.390 e. The van der Waals surface area contributed by atoms with Crippen LogP contribution in [0.3, 0.4) is 0 Å². The summed E-state index contributed by atoms with van der Waals surface area (Å²) in [6.45, 7) is 5.18. The molecule has 134 valence electrons. The van der Waals surface area contributed by atoms with Crippen molar-refractivity contribution in [2.24, 2.45) is 7.05 Å². The van der Waals surface area contributed by atoms with Crippen LogP contribution in [0.5, 0.6) is 0 Å². The average Bonchev–Trinajstić information content (AvgIpc) is 3.17. The number of fused-ring (bicyclic) bond motifs is 2. The second kappa shape index (κ2) is 6.74. The molecule has 4 rings (SSSR count). The zero-order valence-corrected chi connectivity index (χ0v) is 14.5. The number of aromatic nitrogens is 1. The van der Waals surface area contributed by atoms with Gasteiger partial charge in [-0.05, 0) is 19.2 Å². The maximum atomic E-state index is 11.0. The molecule has 5 atom stereocenters. The first kappa shape index (κ1) is 16.5. The molecule has 3 fully saturated rings. The van der Waals surface area contributed by atoms with Crippen molar-refractivity contribution in [1.29, 1.82) is 0 Å². The van der Waals surface area contributed by atoms with Gasteiger partial charge in [0, 0.05) is 51.7 Å². The molecule has 7 nitrogen and oxygen atoms in total. The van der Waals surface area contributed by atoms with Crippen LogP contribution < -0.4 is 5.32 Å². The van der Waals surface area contributed by atoms with E-state index in [0.717, 1.165) is 26.2 Å². The van der Waals surface area contributed by atoms with E-state index in [1.54, 1.807) is 0 Å². The quantitative estimate of drug-likeness (QED) is 0.752. The Morgan fingerprint density at radius 2 is 2.04 bits per heavy atom. The Kier molecular flexibility index (Phi) is 4.64. The van der Waals surface area contributed by atoms with Gasteiger partial charge in [0.15, 0.2) is 6.29 Å². The number of piperazine rings is 1. The summed E-state index contributed by atoms with van der Waals surface area (Å²) >= 11 is 0. The van der Waals surface area contributed by atoms with E-state index in [9.17, 15) is 5.11 Å². The molecule has 1 aromatic rings. The molecule has 3 aliphatic rings. The van der Waals surface area contributed by atoms with Gasteiger partial charge in [-0.2, -0.15) is 0 Å². The number of hydrogen-bond donors (Lipinski definition) is 2. The Balaban J connectivity index is 1.45. The lowest BCUT2D eigenvalue weighted by Crippen LogP contribution is -2.66. The smallest absolute Gasteiger partial charge is 0.176 e. The molecule has 0 saturated carbocycles. The van der Waals surface area contributed by atoms with Gasteiger partial charge < -0.3 is 29.4 Å². The van der Waals surface area contributed by atoms with Crippen LogP contribution in [-0.4, -0.2) is 89.9 Å². The van der Waals surface area contributed by atoms with E-state index in [2.05, 4.69) is 32.8 Å². The van der Waals surface area contributed by atoms with E-state index in [1.807, 2.05) is 19.3 Å². The minimum atomic E-state index is -0.486. The van der Waals surface area contributed by atoms with Gasteiger partial charge in [0.1, 0.15) is 6.10 Å². The molecular formula is C17H28N4O3. The number of aliphatic hydroxyl groups is 1. The van der Waals surface area contributed by atoms with Crippen LogP contribution in [0.15, 0.2) is 18.3 Å². The summed E-state index contributed by atoms with van der Waals surface area (Å²) in [5, 5.41) is 14.5. The lowest BCUT2D eigenvalue weighted by Gasteiger charge is -2.46. The lowest BCUT2D eigenvalue weighted by atomic mass is 9.94. The molecular weight excluding hydrogens is 308 g/mol. The van der Waals surface area contributed by atoms with E-state index in [-0.39, 0.29) is 24.5 Å². The lowest BCUT2D eigenvalue weighted by molar-refractivity contribution is -0.186. The number of nitrogens with one attached hydrogen (secondary N) is 1. The Labute approximate surface area is 143 Å². The van der Waals surface area contributed by atoms with Crippen molar-refractivity contribution in [3.63, 3.8) is 0 Å². The highest BCUT2D eigenvalue weighted by atomic mass is 16.7. The summed E-state index contributed by atoms with van der Waals surface area (Å²) < 4.78 is 14.0. The molecule has 2 bridgehead atoms. The summed E-state index contributed by atoms with van der Waals surface area (Å²) in [6.07, 6.45) is 1.17. The molecule has 3 saturated heterocycles. The third-order valence-corrected chi connectivity index (χ3v) is 5.66. The zero-order chi connectivity index (χ0) is 16.7. The van der Waals surface area contributed by atoms with Gasteiger partial charge in [0.25, 0.3) is 0 Å². The Morgan fingerprint density at radius 1 is 1.25 bits per heavy atom. The topological polar surface area (TPSA) is 62.1 Å². The van der Waals surface area contributed by atoms with E-state index in [0.29, 0.717) is 13.2 Å². The van der Waals surface area contributed by atoms with Crippen molar-refractivity contribution < 1.29 is 14.6 Å². The maximum Gasteiger partial charge on any atom is 0.176 e. The van der Waals surface area contributed by atoms with Gasteiger partial charge in [-0.25, -0.2) is 0 Å². The molecule has 7 heteroatoms. The van der Waals surface area contributed by atoms with Gasteiger partial charge in [-0.3, -0.25) is 4.90 Å². The molecule has 4 heterocycles. The van der Waals surface area contributed by atoms with Crippen molar-refractivity contribution >= 4 is 0 Å². The van der Waals surface area contributed by atoms with Crippen LogP contribution in [0.2, 0.25) is 0 Å². The Hall–Kier alpha value is -0.960. The summed E-state index contributed by atoms with van der Waals surface area (Å²) in [4.78, 5) is 4.64. The van der Waals surface area contributed by atoms with Gasteiger partial charge in [-0.1, -0.05) is 0 Å². The van der Waals surface area contributed by atoms with Crippen LogP contribution >= 0.6 is 0 Å². The van der Waals surface area contributed by atoms with Gasteiger partial charge in [-0.15, -0.1) is 0 Å². The van der Waals surface area contributed by atoms with Crippen LogP contribution in [0.4, 0.5) is 0 Å². The molecule has 0 unspecified atom stereocenters. The van der Waals surface area contributed by atoms with E-state index < -0.39 is 6.10 Å². The van der Waals surface area contributed by atoms with E-state index in [1.165, 1.54) is 5.69 Å². The number of hydrogen-bond acceptors (Lipinski definition) is 6. The molecule has 3 aliphatic heterocycles. The number of aryl methyl sites for hydroxylation is 1. The first-order chi connectivity index (χ1) is 11.6. The Bertz CT molecular complexity index is 558. The average molecular weight is 336 g/mol. The Morgan fingerprint density at radius 3 is 2.75 bits per heavy atom. The monoisotopic (exact) mass is 336 g/mol. The summed E-state index contributed by atoms with van der Waals surface area (Å²) in [6, 6.07) is 3.92. The molecule has 0 spiro atoms. The van der Waals surface area contributed by atoms with E-state index in [4.69, 9.17) is 9.47 Å². The van der Waals surface area contributed by atoms with Crippen LogP contribution in [0.1, 0.15) is 5.69 Å². The van der Waals surface area contributed by atoms with Crippen molar-refractivity contribution in [3.05, 3.63) is 24.0 Å². The normalized spacial score (nSPS) is 37.9. The molecule has 0 amide bonds. The fourth-order valence-electron chi connectivity index (χ4n) is 4.06. The molecule has 2 N–H and O–H groups in total. The number of ether oxygens (including phenoxy) is 2. The maximum absolute atomic E-state index is 11.0. The first-order valence-corrected chi connectivity index (χ1v) is 8.85. The number of rotatable bonds is 4. The summed E-state index contributed by atoms with van der Waals surface area (Å²) in [7, 11) is 4.17. The molecule has 1 aromatic heterocycles. The second-order valence-corrected chi connectivity index (χ2v) is 7.21. The van der Waals surface area contributed by atoms with Crippen molar-refractivity contribution in [1.82, 2.24) is 19.7 Å². The fourth-order valence-corrected chi connectivity index (χ4v) is 4.06. The van der Waals surface area contributed by atoms with Gasteiger partial charge >= 0.3 is 0 Å². The van der Waals surface area contributed by atoms with Crippen LogP contribution in [0.25, 0.3) is 0 Å². The van der Waals surface area contributed by atoms with Crippen molar-refractivity contribution in [2.45, 2.75) is 37.1 Å².